The van der Waals surface area contributed by atoms with Crippen LogP contribution in [0.2, 0.25) is 10.0 Å². The third kappa shape index (κ3) is 3.56. The van der Waals surface area contributed by atoms with Gasteiger partial charge in [0.05, 0.1) is 29.3 Å². The molecule has 0 saturated carbocycles. The third-order valence-electron chi connectivity index (χ3n) is 4.63. The van der Waals surface area contributed by atoms with Gasteiger partial charge in [0, 0.05) is 16.0 Å². The van der Waals surface area contributed by atoms with E-state index >= 15 is 0 Å². The first-order valence-corrected chi connectivity index (χ1v) is 9.75. The van der Waals surface area contributed by atoms with Crippen molar-refractivity contribution in [3.63, 3.8) is 0 Å². The SMILES string of the molecule is CCOC(=O)Cc1cc(-c2ccc(Cl)cc2Cl)nc2ccc3ccccc3c12. The van der Waals surface area contributed by atoms with Crippen molar-refractivity contribution in [3.05, 3.63) is 76.3 Å². The normalized spacial score (nSPS) is 11.1. The maximum atomic E-state index is 12.3. The quantitative estimate of drug-likeness (QED) is 0.286. The molecule has 0 aliphatic carbocycles. The molecule has 0 spiro atoms. The lowest BCUT2D eigenvalue weighted by molar-refractivity contribution is -0.142. The predicted octanol–water partition coefficient (Wildman–Crippen LogP) is 6.47. The second kappa shape index (κ2) is 7.78. The van der Waals surface area contributed by atoms with Gasteiger partial charge in [-0.05, 0) is 53.6 Å². The lowest BCUT2D eigenvalue weighted by Crippen LogP contribution is -2.08. The lowest BCUT2D eigenvalue weighted by atomic mass is 9.97. The van der Waals surface area contributed by atoms with E-state index in [2.05, 4.69) is 0 Å². The fourth-order valence-electron chi connectivity index (χ4n) is 3.43. The summed E-state index contributed by atoms with van der Waals surface area (Å²) in [7, 11) is 0. The fourth-order valence-corrected chi connectivity index (χ4v) is 3.94. The highest BCUT2D eigenvalue weighted by atomic mass is 35.5. The van der Waals surface area contributed by atoms with Gasteiger partial charge in [-0.2, -0.15) is 0 Å². The minimum absolute atomic E-state index is 0.166. The number of carbonyl (C=O) groups excluding carboxylic acids is 1. The number of fused-ring (bicyclic) bond motifs is 3. The number of benzene rings is 3. The van der Waals surface area contributed by atoms with Gasteiger partial charge < -0.3 is 4.74 Å². The summed E-state index contributed by atoms with van der Waals surface area (Å²) < 4.78 is 5.19. The molecule has 0 radical (unpaired) electrons. The zero-order chi connectivity index (χ0) is 19.7. The van der Waals surface area contributed by atoms with E-state index in [1.807, 2.05) is 48.5 Å². The maximum Gasteiger partial charge on any atom is 0.310 e. The molecule has 0 saturated heterocycles. The van der Waals surface area contributed by atoms with E-state index in [1.54, 1.807) is 19.1 Å². The molecular formula is C23H17Cl2NO2. The van der Waals surface area contributed by atoms with Gasteiger partial charge in [0.15, 0.2) is 0 Å². The highest BCUT2D eigenvalue weighted by Crippen LogP contribution is 2.34. The Morgan fingerprint density at radius 3 is 2.64 bits per heavy atom. The average molecular weight is 410 g/mol. The van der Waals surface area contributed by atoms with Gasteiger partial charge in [-0.3, -0.25) is 4.79 Å². The molecule has 3 nitrogen and oxygen atoms in total. The van der Waals surface area contributed by atoms with Crippen LogP contribution >= 0.6 is 23.2 Å². The van der Waals surface area contributed by atoms with Crippen LogP contribution in [0.15, 0.2) is 60.7 Å². The van der Waals surface area contributed by atoms with E-state index in [-0.39, 0.29) is 12.4 Å². The number of hydrogen-bond donors (Lipinski definition) is 0. The molecule has 140 valence electrons. The summed E-state index contributed by atoms with van der Waals surface area (Å²) in [6.45, 7) is 2.15. The Hall–Kier alpha value is -2.62. The fraction of sp³-hybridized carbons (Fsp3) is 0.130. The molecule has 4 aromatic rings. The molecule has 0 aliphatic rings. The highest BCUT2D eigenvalue weighted by Gasteiger charge is 2.15. The second-order valence-electron chi connectivity index (χ2n) is 6.45. The Morgan fingerprint density at radius 1 is 1.04 bits per heavy atom. The van der Waals surface area contributed by atoms with Crippen molar-refractivity contribution < 1.29 is 9.53 Å². The number of pyridine rings is 1. The summed E-state index contributed by atoms with van der Waals surface area (Å²) in [6, 6.07) is 19.3. The number of hydrogen-bond acceptors (Lipinski definition) is 3. The molecule has 0 unspecified atom stereocenters. The van der Waals surface area contributed by atoms with E-state index in [0.29, 0.717) is 22.3 Å². The molecular weight excluding hydrogens is 393 g/mol. The predicted molar refractivity (Wildman–Crippen MR) is 115 cm³/mol. The van der Waals surface area contributed by atoms with Gasteiger partial charge in [-0.25, -0.2) is 4.98 Å². The van der Waals surface area contributed by atoms with Crippen LogP contribution in [0.5, 0.6) is 0 Å². The molecule has 5 heteroatoms. The summed E-state index contributed by atoms with van der Waals surface area (Å²) in [5, 5.41) is 4.19. The second-order valence-corrected chi connectivity index (χ2v) is 7.30. The monoisotopic (exact) mass is 409 g/mol. The molecule has 0 bridgehead atoms. The third-order valence-corrected chi connectivity index (χ3v) is 5.18. The number of ether oxygens (including phenoxy) is 1. The standard InChI is InChI=1S/C23H17Cl2NO2/c1-2-28-22(27)12-15-11-21(18-9-8-16(24)13-19(18)25)26-20-10-7-14-5-3-4-6-17(14)23(15)20/h3-11,13H,2,12H2,1H3. The summed E-state index contributed by atoms with van der Waals surface area (Å²) in [5.74, 6) is -0.268. The molecule has 0 atom stereocenters. The van der Waals surface area contributed by atoms with Crippen molar-refractivity contribution in [2.24, 2.45) is 0 Å². The van der Waals surface area contributed by atoms with E-state index in [0.717, 1.165) is 32.8 Å². The Labute approximate surface area is 172 Å². The topological polar surface area (TPSA) is 39.2 Å². The summed E-state index contributed by atoms with van der Waals surface area (Å²) in [6.07, 6.45) is 0.166. The van der Waals surface area contributed by atoms with Crippen molar-refractivity contribution in [2.75, 3.05) is 6.61 Å². The van der Waals surface area contributed by atoms with Gasteiger partial charge in [0.2, 0.25) is 0 Å². The average Bonchev–Trinajstić information content (AvgIpc) is 2.67. The molecule has 3 aromatic carbocycles. The van der Waals surface area contributed by atoms with Crippen LogP contribution in [0, 0.1) is 0 Å². The molecule has 4 rings (SSSR count). The first-order chi connectivity index (χ1) is 13.6. The first-order valence-electron chi connectivity index (χ1n) is 8.99. The van der Waals surface area contributed by atoms with Crippen LogP contribution in [0.4, 0.5) is 0 Å². The van der Waals surface area contributed by atoms with Crippen LogP contribution < -0.4 is 0 Å². The number of halogens is 2. The van der Waals surface area contributed by atoms with Gasteiger partial charge in [-0.15, -0.1) is 0 Å². The zero-order valence-corrected chi connectivity index (χ0v) is 16.7. The first kappa shape index (κ1) is 18.7. The van der Waals surface area contributed by atoms with Gasteiger partial charge in [-0.1, -0.05) is 53.5 Å². The Morgan fingerprint density at radius 2 is 1.86 bits per heavy atom. The lowest BCUT2D eigenvalue weighted by Gasteiger charge is -2.13. The van der Waals surface area contributed by atoms with Gasteiger partial charge >= 0.3 is 5.97 Å². The van der Waals surface area contributed by atoms with Crippen LogP contribution in [0.25, 0.3) is 32.9 Å². The molecule has 28 heavy (non-hydrogen) atoms. The maximum absolute atomic E-state index is 12.3. The van der Waals surface area contributed by atoms with Crippen molar-refractivity contribution in [1.29, 1.82) is 0 Å². The Balaban J connectivity index is 1.99. The molecule has 0 fully saturated rings. The van der Waals surface area contributed by atoms with Crippen LogP contribution in [0.1, 0.15) is 12.5 Å². The van der Waals surface area contributed by atoms with Gasteiger partial charge in [0.25, 0.3) is 0 Å². The number of esters is 1. The number of aromatic nitrogens is 1. The summed E-state index contributed by atoms with van der Waals surface area (Å²) >= 11 is 12.4. The molecule has 0 aliphatic heterocycles. The molecule has 1 heterocycles. The number of carbonyl (C=O) groups is 1. The highest BCUT2D eigenvalue weighted by molar-refractivity contribution is 6.36. The number of rotatable bonds is 4. The van der Waals surface area contributed by atoms with E-state index < -0.39 is 0 Å². The molecule has 0 N–H and O–H groups in total. The Bertz CT molecular complexity index is 1200. The molecule has 1 aromatic heterocycles. The summed E-state index contributed by atoms with van der Waals surface area (Å²) in [5.41, 5.74) is 3.14. The van der Waals surface area contributed by atoms with E-state index in [9.17, 15) is 4.79 Å². The van der Waals surface area contributed by atoms with E-state index in [4.69, 9.17) is 32.9 Å². The minimum atomic E-state index is -0.268. The number of nitrogens with zero attached hydrogens (tertiary/aromatic N) is 1. The smallest absolute Gasteiger partial charge is 0.310 e. The van der Waals surface area contributed by atoms with Crippen molar-refractivity contribution >= 4 is 50.8 Å². The largest absolute Gasteiger partial charge is 0.466 e. The Kier molecular flexibility index (Phi) is 5.21. The zero-order valence-electron chi connectivity index (χ0n) is 15.2. The van der Waals surface area contributed by atoms with Gasteiger partial charge in [0.1, 0.15) is 0 Å². The van der Waals surface area contributed by atoms with E-state index in [1.165, 1.54) is 0 Å². The van der Waals surface area contributed by atoms with Crippen molar-refractivity contribution in [3.8, 4) is 11.3 Å². The summed E-state index contributed by atoms with van der Waals surface area (Å²) in [4.78, 5) is 17.1. The van der Waals surface area contributed by atoms with Crippen molar-refractivity contribution in [2.45, 2.75) is 13.3 Å². The van der Waals surface area contributed by atoms with Crippen LogP contribution in [0.3, 0.4) is 0 Å². The van der Waals surface area contributed by atoms with Crippen LogP contribution in [-0.4, -0.2) is 17.6 Å². The van der Waals surface area contributed by atoms with Crippen molar-refractivity contribution in [1.82, 2.24) is 4.98 Å². The van der Waals surface area contributed by atoms with Crippen LogP contribution in [-0.2, 0) is 16.0 Å². The minimum Gasteiger partial charge on any atom is -0.466 e. The molecule has 0 amide bonds.